The molecule has 1 aromatic rings. The van der Waals surface area contributed by atoms with Gasteiger partial charge in [-0.3, -0.25) is 4.99 Å². The van der Waals surface area contributed by atoms with Gasteiger partial charge in [0.15, 0.2) is 5.17 Å². The first-order valence-electron chi connectivity index (χ1n) is 6.11. The Bertz CT molecular complexity index is 528. The van der Waals surface area contributed by atoms with Crippen molar-refractivity contribution in [1.82, 2.24) is 0 Å². The maximum Gasteiger partial charge on any atom is 0.419 e. The maximum absolute atomic E-state index is 13.2. The molecule has 0 radical (unpaired) electrons. The average Bonchev–Trinajstić information content (AvgIpc) is 2.35. The van der Waals surface area contributed by atoms with Crippen LogP contribution in [0.3, 0.4) is 0 Å². The van der Waals surface area contributed by atoms with Crippen LogP contribution in [0.5, 0.6) is 0 Å². The van der Waals surface area contributed by atoms with Crippen LogP contribution >= 0.6 is 11.8 Å². The molecule has 0 saturated heterocycles. The second-order valence-corrected chi connectivity index (χ2v) is 5.79. The standard InChI is InChI=1S/C13H14F4N2S/c1-7-6-20-12(18-8(7)2)19-9-3-4-11(14)10(5-9)13(15,16)17/h3-5,7-8H,6H2,1-2H3,(H,18,19). The van der Waals surface area contributed by atoms with Crippen molar-refractivity contribution >= 4 is 22.6 Å². The summed E-state index contributed by atoms with van der Waals surface area (Å²) in [5.41, 5.74) is -1.09. The molecule has 1 aromatic carbocycles. The molecule has 2 rings (SSSR count). The Morgan fingerprint density at radius 2 is 2.00 bits per heavy atom. The van der Waals surface area contributed by atoms with E-state index in [2.05, 4.69) is 17.2 Å². The Labute approximate surface area is 118 Å². The molecule has 1 heterocycles. The summed E-state index contributed by atoms with van der Waals surface area (Å²) in [4.78, 5) is 4.37. The monoisotopic (exact) mass is 306 g/mol. The largest absolute Gasteiger partial charge is 0.419 e. The lowest BCUT2D eigenvalue weighted by molar-refractivity contribution is -0.139. The van der Waals surface area contributed by atoms with Crippen molar-refractivity contribution in [3.63, 3.8) is 0 Å². The fourth-order valence-electron chi connectivity index (χ4n) is 1.71. The van der Waals surface area contributed by atoms with Gasteiger partial charge in [-0.05, 0) is 31.0 Å². The van der Waals surface area contributed by atoms with Gasteiger partial charge in [0.25, 0.3) is 0 Å². The highest BCUT2D eigenvalue weighted by Gasteiger charge is 2.34. The molecule has 20 heavy (non-hydrogen) atoms. The van der Waals surface area contributed by atoms with E-state index in [-0.39, 0.29) is 11.7 Å². The maximum atomic E-state index is 13.2. The molecule has 1 aliphatic rings. The van der Waals surface area contributed by atoms with Crippen LogP contribution in [0, 0.1) is 11.7 Å². The molecule has 0 spiro atoms. The van der Waals surface area contributed by atoms with Gasteiger partial charge in [0.1, 0.15) is 5.82 Å². The Balaban J connectivity index is 2.21. The molecule has 110 valence electrons. The SMILES string of the molecule is CC1CSC(Nc2ccc(F)c(C(F)(F)F)c2)=NC1C. The highest BCUT2D eigenvalue weighted by atomic mass is 32.2. The molecule has 2 nitrogen and oxygen atoms in total. The second-order valence-electron chi connectivity index (χ2n) is 4.78. The summed E-state index contributed by atoms with van der Waals surface area (Å²) in [6.07, 6.45) is -4.70. The van der Waals surface area contributed by atoms with Crippen molar-refractivity contribution in [2.75, 3.05) is 11.1 Å². The molecule has 7 heteroatoms. The molecular weight excluding hydrogens is 292 g/mol. The number of nitrogens with zero attached hydrogens (tertiary/aromatic N) is 1. The number of nitrogens with one attached hydrogen (secondary N) is 1. The Morgan fingerprint density at radius 3 is 2.60 bits per heavy atom. The summed E-state index contributed by atoms with van der Waals surface area (Å²) in [7, 11) is 0. The van der Waals surface area contributed by atoms with Gasteiger partial charge < -0.3 is 5.32 Å². The summed E-state index contributed by atoms with van der Waals surface area (Å²) in [5, 5.41) is 3.38. The summed E-state index contributed by atoms with van der Waals surface area (Å²) in [6.45, 7) is 4.02. The normalized spacial score (nSPS) is 23.4. The number of amidine groups is 1. The minimum atomic E-state index is -4.70. The molecular formula is C13H14F4N2S. The third kappa shape index (κ3) is 3.45. The van der Waals surface area contributed by atoms with Crippen LogP contribution in [0.2, 0.25) is 0 Å². The molecule has 0 fully saturated rings. The quantitative estimate of drug-likeness (QED) is 0.778. The Hall–Kier alpha value is -1.24. The summed E-state index contributed by atoms with van der Waals surface area (Å²) < 4.78 is 51.0. The van der Waals surface area contributed by atoms with E-state index in [4.69, 9.17) is 0 Å². The predicted octanol–water partition coefficient (Wildman–Crippen LogP) is 4.38. The minimum Gasteiger partial charge on any atom is -0.335 e. The summed E-state index contributed by atoms with van der Waals surface area (Å²) in [5.74, 6) is -0.00636. The zero-order chi connectivity index (χ0) is 14.9. The van der Waals surface area contributed by atoms with Crippen LogP contribution in [-0.4, -0.2) is 17.0 Å². The zero-order valence-electron chi connectivity index (χ0n) is 11.0. The highest BCUT2D eigenvalue weighted by Crippen LogP contribution is 2.33. The van der Waals surface area contributed by atoms with Gasteiger partial charge in [0, 0.05) is 11.4 Å². The Morgan fingerprint density at radius 1 is 1.30 bits per heavy atom. The number of halogens is 4. The molecule has 1 N–H and O–H groups in total. The summed E-state index contributed by atoms with van der Waals surface area (Å²) >= 11 is 1.45. The molecule has 2 atom stereocenters. The molecule has 0 aromatic heterocycles. The van der Waals surface area contributed by atoms with Crippen LogP contribution in [0.25, 0.3) is 0 Å². The van der Waals surface area contributed by atoms with E-state index in [0.717, 1.165) is 17.9 Å². The predicted molar refractivity (Wildman–Crippen MR) is 73.5 cm³/mol. The third-order valence-corrected chi connectivity index (χ3v) is 4.32. The van der Waals surface area contributed by atoms with Gasteiger partial charge in [-0.15, -0.1) is 0 Å². The first kappa shape index (κ1) is 15.2. The number of aliphatic imine (C=N–C) groups is 1. The summed E-state index contributed by atoms with van der Waals surface area (Å²) in [6, 6.07) is 2.96. The lowest BCUT2D eigenvalue weighted by Crippen LogP contribution is -2.25. The molecule has 0 amide bonds. The van der Waals surface area contributed by atoms with Crippen LogP contribution in [0.1, 0.15) is 19.4 Å². The number of thioether (sulfide) groups is 1. The molecule has 2 unspecified atom stereocenters. The van der Waals surface area contributed by atoms with Gasteiger partial charge in [-0.25, -0.2) is 4.39 Å². The van der Waals surface area contributed by atoms with Gasteiger partial charge in [0.05, 0.1) is 11.6 Å². The van der Waals surface area contributed by atoms with Gasteiger partial charge in [-0.2, -0.15) is 13.2 Å². The van der Waals surface area contributed by atoms with Crippen LogP contribution in [0.15, 0.2) is 23.2 Å². The topological polar surface area (TPSA) is 24.4 Å². The van der Waals surface area contributed by atoms with Crippen LogP contribution in [-0.2, 0) is 6.18 Å². The van der Waals surface area contributed by atoms with Gasteiger partial charge in [-0.1, -0.05) is 18.7 Å². The Kier molecular flexibility index (Phi) is 4.27. The number of alkyl halides is 3. The molecule has 0 saturated carbocycles. The average molecular weight is 306 g/mol. The first-order valence-corrected chi connectivity index (χ1v) is 7.10. The number of hydrogen-bond acceptors (Lipinski definition) is 3. The van der Waals surface area contributed by atoms with Crippen molar-refractivity contribution in [2.45, 2.75) is 26.1 Å². The fraction of sp³-hybridized carbons (Fsp3) is 0.462. The molecule has 1 aliphatic heterocycles. The molecule has 0 aliphatic carbocycles. The second kappa shape index (κ2) is 5.63. The van der Waals surface area contributed by atoms with E-state index in [1.54, 1.807) is 0 Å². The van der Waals surface area contributed by atoms with Gasteiger partial charge in [0.2, 0.25) is 0 Å². The van der Waals surface area contributed by atoms with Crippen molar-refractivity contribution in [3.8, 4) is 0 Å². The zero-order valence-corrected chi connectivity index (χ0v) is 11.8. The lowest BCUT2D eigenvalue weighted by Gasteiger charge is -2.23. The van der Waals surface area contributed by atoms with Crippen molar-refractivity contribution in [2.24, 2.45) is 10.9 Å². The number of rotatable bonds is 1. The van der Waals surface area contributed by atoms with Crippen molar-refractivity contribution < 1.29 is 17.6 Å². The number of anilines is 1. The van der Waals surface area contributed by atoms with Crippen LogP contribution in [0.4, 0.5) is 23.2 Å². The van der Waals surface area contributed by atoms with E-state index in [1.807, 2.05) is 6.92 Å². The number of benzene rings is 1. The number of hydrogen-bond donors (Lipinski definition) is 1. The smallest absolute Gasteiger partial charge is 0.335 e. The van der Waals surface area contributed by atoms with E-state index in [1.165, 1.54) is 17.8 Å². The molecule has 0 bridgehead atoms. The first-order chi connectivity index (χ1) is 9.27. The fourth-order valence-corrected chi connectivity index (χ4v) is 2.84. The highest BCUT2D eigenvalue weighted by molar-refractivity contribution is 8.14. The van der Waals surface area contributed by atoms with E-state index in [0.29, 0.717) is 11.1 Å². The van der Waals surface area contributed by atoms with Crippen molar-refractivity contribution in [1.29, 1.82) is 0 Å². The lowest BCUT2D eigenvalue weighted by atomic mass is 10.1. The van der Waals surface area contributed by atoms with Crippen LogP contribution < -0.4 is 5.32 Å². The van der Waals surface area contributed by atoms with E-state index >= 15 is 0 Å². The minimum absolute atomic E-state index is 0.112. The van der Waals surface area contributed by atoms with E-state index < -0.39 is 17.6 Å². The van der Waals surface area contributed by atoms with Gasteiger partial charge >= 0.3 is 6.18 Å². The van der Waals surface area contributed by atoms with Crippen molar-refractivity contribution in [3.05, 3.63) is 29.6 Å². The van der Waals surface area contributed by atoms with E-state index in [9.17, 15) is 17.6 Å². The third-order valence-electron chi connectivity index (χ3n) is 3.15.